The Hall–Kier alpha value is -10.3. The third-order valence-electron chi connectivity index (χ3n) is 25.6. The normalized spacial score (nSPS) is 12.1. The van der Waals surface area contributed by atoms with E-state index in [9.17, 15) is 26.4 Å². The number of rotatable bonds is 27. The molecule has 0 saturated carbocycles. The molecule has 14 heterocycles. The van der Waals surface area contributed by atoms with E-state index in [0.29, 0.717) is 75.8 Å². The number of pyridine rings is 9. The average Bonchev–Trinajstić information content (AvgIpc) is 1.60. The van der Waals surface area contributed by atoms with Crippen molar-refractivity contribution in [3.63, 3.8) is 0 Å². The summed E-state index contributed by atoms with van der Waals surface area (Å²) < 4.78 is 85.5. The van der Waals surface area contributed by atoms with Crippen molar-refractivity contribution >= 4 is 81.2 Å². The van der Waals surface area contributed by atoms with E-state index in [-0.39, 0.29) is 23.1 Å². The molecule has 1 N–H and O–H groups in total. The van der Waals surface area contributed by atoms with Gasteiger partial charge < -0.3 is 36.7 Å². The van der Waals surface area contributed by atoms with Crippen molar-refractivity contribution in [3.05, 3.63) is 209 Å². The second kappa shape index (κ2) is 43.4. The Kier molecular flexibility index (Phi) is 34.0. The highest BCUT2D eigenvalue weighted by atomic mass is 79.9. The van der Waals surface area contributed by atoms with Gasteiger partial charge in [-0.3, -0.25) is 9.78 Å². The number of fused-ring (bicyclic) bond motifs is 5. The smallest absolute Gasteiger partial charge is 0.480 e. The third-order valence-corrected chi connectivity index (χ3v) is 27.4. The van der Waals surface area contributed by atoms with Crippen LogP contribution >= 0.6 is 15.9 Å². The van der Waals surface area contributed by atoms with Crippen LogP contribution in [0.2, 0.25) is 0 Å². The van der Waals surface area contributed by atoms with Crippen LogP contribution in [0.25, 0.3) is 100 Å². The maximum absolute atomic E-state index is 13.0. The van der Waals surface area contributed by atoms with Crippen molar-refractivity contribution in [2.24, 2.45) is 0 Å². The lowest BCUT2D eigenvalue weighted by Gasteiger charge is -2.18. The first-order chi connectivity index (χ1) is 61.6. The molecule has 0 aliphatic heterocycles. The van der Waals surface area contributed by atoms with Gasteiger partial charge in [0.15, 0.2) is 0 Å². The minimum Gasteiger partial charge on any atom is -0.480 e. The van der Waals surface area contributed by atoms with Crippen molar-refractivity contribution in [1.29, 1.82) is 0 Å². The first-order valence-electron chi connectivity index (χ1n) is 47.0. The number of aromatic nitrogens is 14. The maximum atomic E-state index is 13.0. The SMILES string of the molecule is CCC(CC)n1cc(C)c2nc(-c3ccc(C(C)C)[nH]c3=O)c(C)cc21.CCC(CC)n1cc(C)c2nc(-c3ccc(C(C)C)nc3OC)c(C)cc21.CCC(CC)n1cc(C)c2nc(-c3ccc(C(C)C)nc3OS(=O)(=O)C(F)(F)F)c(C)cc21.CCC(CC)n1cc(C)c2nc(Br)c(C)cc21.CCc1nc(C(C)C)ccc1-c1nc2c(C)cn(C(CC)CC)c2cc1C. The molecule has 0 aliphatic rings. The highest BCUT2D eigenvalue weighted by molar-refractivity contribution is 9.10. The molecular formula is C106H140BrF3N14O5S. The van der Waals surface area contributed by atoms with Crippen LogP contribution < -0.4 is 14.5 Å². The number of hydrogen-bond donors (Lipinski definition) is 1. The number of hydrogen-bond acceptors (Lipinski definition) is 13. The summed E-state index contributed by atoms with van der Waals surface area (Å²) in [5.41, 5.74) is 26.9. The fourth-order valence-corrected chi connectivity index (χ4v) is 18.5. The van der Waals surface area contributed by atoms with Crippen molar-refractivity contribution in [2.45, 2.75) is 331 Å². The van der Waals surface area contributed by atoms with Crippen LogP contribution in [0.5, 0.6) is 11.8 Å². The number of aryl methyl sites for hydroxylation is 11. The molecule has 0 radical (unpaired) electrons. The molecule has 24 heteroatoms. The summed E-state index contributed by atoms with van der Waals surface area (Å²) in [6, 6.07) is 28.9. The van der Waals surface area contributed by atoms with Gasteiger partial charge in [-0.2, -0.15) is 21.6 Å². The van der Waals surface area contributed by atoms with E-state index >= 15 is 0 Å². The lowest BCUT2D eigenvalue weighted by Crippen LogP contribution is -2.28. The third kappa shape index (κ3) is 21.7. The van der Waals surface area contributed by atoms with E-state index in [1.54, 1.807) is 33.9 Å². The number of nitrogens with one attached hydrogen (secondary N) is 1. The summed E-state index contributed by atoms with van der Waals surface area (Å²) in [7, 11) is -4.22. The van der Waals surface area contributed by atoms with Gasteiger partial charge in [-0.05, 0) is 314 Å². The lowest BCUT2D eigenvalue weighted by molar-refractivity contribution is -0.0501. The zero-order chi connectivity index (χ0) is 95.7. The summed E-state index contributed by atoms with van der Waals surface area (Å²) in [6.45, 7) is 61.4. The van der Waals surface area contributed by atoms with Gasteiger partial charge in [0.05, 0.1) is 102 Å². The molecule has 698 valence electrons. The Labute approximate surface area is 778 Å². The molecule has 0 aliphatic carbocycles. The fourth-order valence-electron chi connectivity index (χ4n) is 17.7. The number of alkyl halides is 3. The van der Waals surface area contributed by atoms with E-state index in [0.717, 1.165) is 176 Å². The van der Waals surface area contributed by atoms with Gasteiger partial charge >= 0.3 is 15.6 Å². The largest absolute Gasteiger partial charge is 0.534 e. The van der Waals surface area contributed by atoms with Crippen LogP contribution in [0.3, 0.4) is 0 Å². The molecule has 0 unspecified atom stereocenters. The van der Waals surface area contributed by atoms with E-state index < -0.39 is 21.5 Å². The molecule has 14 aromatic heterocycles. The van der Waals surface area contributed by atoms with Gasteiger partial charge in [0.25, 0.3) is 5.56 Å². The fraction of sp³-hybridized carbons (Fsp3) is 0.481. The zero-order valence-electron chi connectivity index (χ0n) is 82.6. The van der Waals surface area contributed by atoms with Gasteiger partial charge in [0.2, 0.25) is 11.8 Å². The number of nitrogens with zero attached hydrogens (tertiary/aromatic N) is 13. The summed E-state index contributed by atoms with van der Waals surface area (Å²) in [5.74, 6) is 0.962. The van der Waals surface area contributed by atoms with Crippen LogP contribution in [-0.4, -0.2) is 88.7 Å². The Morgan fingerprint density at radius 2 is 0.638 bits per heavy atom. The molecule has 0 atom stereocenters. The predicted octanol–water partition coefficient (Wildman–Crippen LogP) is 29.7. The molecule has 0 amide bonds. The molecular weight excluding hydrogens is 1720 g/mol. The van der Waals surface area contributed by atoms with E-state index in [1.807, 2.05) is 38.2 Å². The van der Waals surface area contributed by atoms with Gasteiger partial charge in [0.1, 0.15) is 4.60 Å². The molecule has 14 rings (SSSR count). The second-order valence-electron chi connectivity index (χ2n) is 36.2. The molecule has 0 spiro atoms. The van der Waals surface area contributed by atoms with Gasteiger partial charge in [-0.25, -0.2) is 34.9 Å². The highest BCUT2D eigenvalue weighted by Gasteiger charge is 2.49. The summed E-state index contributed by atoms with van der Waals surface area (Å²) in [5, 5.41) is 0. The predicted molar refractivity (Wildman–Crippen MR) is 535 cm³/mol. The van der Waals surface area contributed by atoms with E-state index in [4.69, 9.17) is 34.6 Å². The van der Waals surface area contributed by atoms with E-state index in [2.05, 4.69) is 297 Å². The quantitative estimate of drug-likeness (QED) is 0.0289. The summed E-state index contributed by atoms with van der Waals surface area (Å²) in [6.07, 6.45) is 22.8. The van der Waals surface area contributed by atoms with Crippen LogP contribution in [0.1, 0.15) is 334 Å². The summed E-state index contributed by atoms with van der Waals surface area (Å²) >= 11 is 3.51. The highest BCUT2D eigenvalue weighted by Crippen LogP contribution is 2.42. The van der Waals surface area contributed by atoms with Crippen molar-refractivity contribution in [2.75, 3.05) is 7.11 Å². The van der Waals surface area contributed by atoms with Gasteiger partial charge in [-0.15, -0.1) is 0 Å². The Balaban J connectivity index is 0.000000171. The van der Waals surface area contributed by atoms with Crippen molar-refractivity contribution < 1.29 is 30.5 Å². The van der Waals surface area contributed by atoms with Crippen molar-refractivity contribution in [3.8, 4) is 56.8 Å². The first kappa shape index (κ1) is 102. The standard InChI is InChI=1S/C24H33N3.C23H28F3N3O3S.C23H31N3O.C22H29N3O.C14H19BrN2/c1-8-18(9-2)27-14-17(7)24-22(27)13-16(6)23(26-24)19-11-12-21(15(4)5)25-20(19)10-3;1-7-16(8-2)29-12-15(6)21-19(29)11-14(5)20(28-21)17-9-10-18(13(3)4)27-22(17)32-33(30,31)23(24,25)26;1-8-17(9-2)26-13-16(6)22-20(26)12-15(5)21(25-22)18-10-11-19(14(3)4)24-23(18)27-7;1-7-16(8-2)25-12-15(6)21-19(25)11-14(5)20(24-21)17-9-10-18(13(3)4)23-22(17)26;1-5-11(6-2)17-8-10(4)13-12(17)7-9(3)14(15)16-13/h11-15,18H,8-10H2,1-7H3;9-13,16H,7-8H2,1-6H3;10-14,17H,8-9H2,1-7H3;9-13,16H,7-8H2,1-6H3,(H,23,26);7-8,11H,5-6H2,1-4H3. The number of aromatic amines is 1. The summed E-state index contributed by atoms with van der Waals surface area (Å²) in [4.78, 5) is 53.8. The van der Waals surface area contributed by atoms with Crippen molar-refractivity contribution in [1.82, 2.24) is 67.7 Å². The minimum atomic E-state index is -5.90. The molecule has 14 aromatic rings. The second-order valence-corrected chi connectivity index (χ2v) is 38.5. The van der Waals surface area contributed by atoms with Crippen LogP contribution in [-0.2, 0) is 16.5 Å². The molecule has 0 saturated heterocycles. The van der Waals surface area contributed by atoms with Crippen LogP contribution in [0, 0.1) is 69.2 Å². The Morgan fingerprint density at radius 1 is 0.362 bits per heavy atom. The number of H-pyrrole nitrogens is 1. The first-order valence-corrected chi connectivity index (χ1v) is 49.2. The van der Waals surface area contributed by atoms with E-state index in [1.165, 1.54) is 56.0 Å². The maximum Gasteiger partial charge on any atom is 0.534 e. The lowest BCUT2D eigenvalue weighted by atomic mass is 10.0. The Morgan fingerprint density at radius 3 is 0.931 bits per heavy atom. The van der Waals surface area contributed by atoms with Gasteiger partial charge in [-0.1, -0.05) is 132 Å². The van der Waals surface area contributed by atoms with Crippen LogP contribution in [0.15, 0.2) is 119 Å². The van der Waals surface area contributed by atoms with Crippen LogP contribution in [0.4, 0.5) is 13.2 Å². The minimum absolute atomic E-state index is 0.0665. The van der Waals surface area contributed by atoms with Gasteiger partial charge in [0, 0.05) is 95.2 Å². The number of methoxy groups -OCH3 is 1. The molecule has 19 nitrogen and oxygen atoms in total. The number of ether oxygens (including phenoxy) is 1. The monoisotopic (exact) mass is 1860 g/mol. The molecule has 130 heavy (non-hydrogen) atoms. The average molecular weight is 1860 g/mol. The Bertz CT molecular complexity index is 6340. The molecule has 0 fully saturated rings. The molecule has 0 aromatic carbocycles. The number of halogens is 4. The topological polar surface area (TPSA) is 213 Å². The molecule has 0 bridgehead atoms. The zero-order valence-corrected chi connectivity index (χ0v) is 85.0.